The molecule has 1 aliphatic rings. The molecule has 1 fully saturated rings. The highest BCUT2D eigenvalue weighted by molar-refractivity contribution is 5.78. The summed E-state index contributed by atoms with van der Waals surface area (Å²) in [6.07, 6.45) is -6.99. The first-order chi connectivity index (χ1) is 18.0. The Balaban J connectivity index is 1.47. The molecule has 38 heavy (non-hydrogen) atoms. The zero-order valence-electron chi connectivity index (χ0n) is 20.4. The molecule has 0 bridgehead atoms. The van der Waals surface area contributed by atoms with Crippen LogP contribution in [0.25, 0.3) is 0 Å². The Hall–Kier alpha value is -3.40. The van der Waals surface area contributed by atoms with Crippen LogP contribution in [0.5, 0.6) is 0 Å². The van der Waals surface area contributed by atoms with Gasteiger partial charge in [-0.1, -0.05) is 36.4 Å². The van der Waals surface area contributed by atoms with Gasteiger partial charge in [-0.3, -0.25) is 9.78 Å². The maximum absolute atomic E-state index is 13.2. The lowest BCUT2D eigenvalue weighted by Gasteiger charge is -2.42. The molecule has 1 amide bonds. The van der Waals surface area contributed by atoms with Crippen LogP contribution in [0.2, 0.25) is 0 Å². The van der Waals surface area contributed by atoms with E-state index in [0.29, 0.717) is 43.8 Å². The fourth-order valence-electron chi connectivity index (χ4n) is 4.73. The minimum Gasteiger partial charge on any atom is -0.376 e. The number of hydrogen-bond acceptors (Lipinski definition) is 3. The van der Waals surface area contributed by atoms with Gasteiger partial charge in [0.1, 0.15) is 0 Å². The smallest absolute Gasteiger partial charge is 0.376 e. The molecule has 0 radical (unpaired) electrons. The molecule has 3 aromatic rings. The van der Waals surface area contributed by atoms with Gasteiger partial charge in [-0.25, -0.2) is 0 Å². The third-order valence-corrected chi connectivity index (χ3v) is 6.81. The highest BCUT2D eigenvalue weighted by Crippen LogP contribution is 2.38. The molecule has 2 aromatic carbocycles. The summed E-state index contributed by atoms with van der Waals surface area (Å²) in [5.74, 6) is -0.0603. The van der Waals surface area contributed by atoms with Crippen LogP contribution in [0.3, 0.4) is 0 Å². The largest absolute Gasteiger partial charge is 0.416 e. The predicted octanol–water partition coefficient (Wildman–Crippen LogP) is 6.44. The molecule has 0 aliphatic carbocycles. The summed E-state index contributed by atoms with van der Waals surface area (Å²) in [7, 11) is 0. The molecule has 1 aromatic heterocycles. The minimum absolute atomic E-state index is 0.0603. The quantitative estimate of drug-likeness (QED) is 0.327. The fraction of sp³-hybridized carbons (Fsp3) is 0.357. The number of ether oxygens (including phenoxy) is 1. The van der Waals surface area contributed by atoms with E-state index in [1.807, 2.05) is 36.4 Å². The number of hydrogen-bond donors (Lipinski definition) is 0. The summed E-state index contributed by atoms with van der Waals surface area (Å²) in [5.41, 5.74) is -1.89. The Morgan fingerprint density at radius 2 is 1.47 bits per heavy atom. The first-order valence-corrected chi connectivity index (χ1v) is 12.1. The normalized spacial score (nSPS) is 15.9. The number of alkyl halides is 6. The predicted molar refractivity (Wildman–Crippen MR) is 128 cm³/mol. The first-order valence-electron chi connectivity index (χ1n) is 12.1. The SMILES string of the molecule is O=C(Cc1ccccn1)N1CCC(COCc2cc(C(F)(F)F)cc(C(F)(F)F)c2)(c2ccccc2)CC1. The molecule has 1 aliphatic heterocycles. The monoisotopic (exact) mass is 536 g/mol. The number of carbonyl (C=O) groups is 1. The van der Waals surface area contributed by atoms with Crippen molar-refractivity contribution >= 4 is 5.91 Å². The van der Waals surface area contributed by atoms with Crippen LogP contribution in [-0.2, 0) is 40.3 Å². The van der Waals surface area contributed by atoms with Gasteiger partial charge in [0, 0.05) is 30.4 Å². The molecule has 0 saturated carbocycles. The van der Waals surface area contributed by atoms with Crippen LogP contribution < -0.4 is 0 Å². The van der Waals surface area contributed by atoms with Gasteiger partial charge in [0.25, 0.3) is 0 Å². The van der Waals surface area contributed by atoms with Crippen LogP contribution >= 0.6 is 0 Å². The first kappa shape index (κ1) is 27.6. The lowest BCUT2D eigenvalue weighted by atomic mass is 9.73. The summed E-state index contributed by atoms with van der Waals surface area (Å²) >= 11 is 0. The summed E-state index contributed by atoms with van der Waals surface area (Å²) in [6, 6.07) is 16.2. The van der Waals surface area contributed by atoms with Gasteiger partial charge in [-0.2, -0.15) is 26.3 Å². The van der Waals surface area contributed by atoms with Crippen LogP contribution in [0.1, 0.15) is 40.8 Å². The molecular formula is C28H26F6N2O2. The van der Waals surface area contributed by atoms with Crippen molar-refractivity contribution in [3.8, 4) is 0 Å². The number of aromatic nitrogens is 1. The van der Waals surface area contributed by atoms with Crippen molar-refractivity contribution in [1.82, 2.24) is 9.88 Å². The number of carbonyl (C=O) groups excluding carboxylic acids is 1. The van der Waals surface area contributed by atoms with Gasteiger partial charge in [0.15, 0.2) is 0 Å². The summed E-state index contributed by atoms with van der Waals surface area (Å²) in [5, 5.41) is 0. The Morgan fingerprint density at radius 1 is 0.868 bits per heavy atom. The molecule has 1 saturated heterocycles. The van der Waals surface area contributed by atoms with Gasteiger partial charge in [0.2, 0.25) is 5.91 Å². The Morgan fingerprint density at radius 3 is 2.03 bits per heavy atom. The van der Waals surface area contributed by atoms with E-state index in [4.69, 9.17) is 4.74 Å². The van der Waals surface area contributed by atoms with Crippen molar-refractivity contribution in [3.05, 3.63) is 101 Å². The number of piperidine rings is 1. The number of benzene rings is 2. The maximum atomic E-state index is 13.2. The van der Waals surface area contributed by atoms with E-state index in [-0.39, 0.29) is 30.6 Å². The molecule has 2 heterocycles. The van der Waals surface area contributed by atoms with Crippen molar-refractivity contribution in [2.45, 2.75) is 43.6 Å². The van der Waals surface area contributed by atoms with Crippen molar-refractivity contribution in [1.29, 1.82) is 0 Å². The molecule has 202 valence electrons. The second-order valence-electron chi connectivity index (χ2n) is 9.43. The second kappa shape index (κ2) is 11.1. The number of nitrogens with zero attached hydrogens (tertiary/aromatic N) is 2. The molecule has 0 N–H and O–H groups in total. The van der Waals surface area contributed by atoms with Crippen LogP contribution in [-0.4, -0.2) is 35.5 Å². The molecule has 0 spiro atoms. The topological polar surface area (TPSA) is 42.4 Å². The lowest BCUT2D eigenvalue weighted by Crippen LogP contribution is -2.47. The van der Waals surface area contributed by atoms with E-state index in [9.17, 15) is 31.1 Å². The molecular weight excluding hydrogens is 510 g/mol. The molecule has 0 atom stereocenters. The maximum Gasteiger partial charge on any atom is 0.416 e. The third kappa shape index (κ3) is 6.72. The number of halogens is 6. The zero-order valence-corrected chi connectivity index (χ0v) is 20.4. The van der Waals surface area contributed by atoms with E-state index < -0.39 is 35.5 Å². The van der Waals surface area contributed by atoms with Crippen molar-refractivity contribution < 1.29 is 35.9 Å². The molecule has 0 unspecified atom stereocenters. The van der Waals surface area contributed by atoms with Gasteiger partial charge in [-0.05, 0) is 54.3 Å². The molecule has 10 heteroatoms. The molecule has 4 rings (SSSR count). The average Bonchev–Trinajstić information content (AvgIpc) is 2.89. The number of amides is 1. The fourth-order valence-corrected chi connectivity index (χ4v) is 4.73. The standard InChI is InChI=1S/C28H26F6N2O2/c29-27(30,31)22-14-20(15-23(16-22)28(32,33)34)18-38-19-26(21-6-2-1-3-7-21)9-12-36(13-10-26)25(37)17-24-8-4-5-11-35-24/h1-8,11,14-16H,9-10,12-13,17-19H2. The Kier molecular flexibility index (Phi) is 8.10. The van der Waals surface area contributed by atoms with Gasteiger partial charge in [-0.15, -0.1) is 0 Å². The van der Waals surface area contributed by atoms with E-state index in [1.165, 1.54) is 0 Å². The Labute approximate surface area is 216 Å². The van der Waals surface area contributed by atoms with E-state index in [1.54, 1.807) is 23.2 Å². The van der Waals surface area contributed by atoms with Crippen LogP contribution in [0.15, 0.2) is 72.9 Å². The zero-order chi connectivity index (χ0) is 27.4. The summed E-state index contributed by atoms with van der Waals surface area (Å²) < 4.78 is 85.2. The van der Waals surface area contributed by atoms with Crippen LogP contribution in [0, 0.1) is 0 Å². The van der Waals surface area contributed by atoms with E-state index in [2.05, 4.69) is 4.98 Å². The lowest BCUT2D eigenvalue weighted by molar-refractivity contribution is -0.143. The van der Waals surface area contributed by atoms with Crippen molar-refractivity contribution in [2.75, 3.05) is 19.7 Å². The number of likely N-dealkylation sites (tertiary alicyclic amines) is 1. The van der Waals surface area contributed by atoms with E-state index in [0.717, 1.165) is 5.56 Å². The molecule has 4 nitrogen and oxygen atoms in total. The van der Waals surface area contributed by atoms with Gasteiger partial charge >= 0.3 is 12.4 Å². The van der Waals surface area contributed by atoms with Gasteiger partial charge < -0.3 is 9.64 Å². The second-order valence-corrected chi connectivity index (χ2v) is 9.43. The minimum atomic E-state index is -4.92. The van der Waals surface area contributed by atoms with Gasteiger partial charge in [0.05, 0.1) is 30.8 Å². The number of rotatable bonds is 7. The average molecular weight is 537 g/mol. The number of pyridine rings is 1. The third-order valence-electron chi connectivity index (χ3n) is 6.81. The summed E-state index contributed by atoms with van der Waals surface area (Å²) in [4.78, 5) is 18.8. The Bertz CT molecular complexity index is 1190. The highest BCUT2D eigenvalue weighted by atomic mass is 19.4. The highest BCUT2D eigenvalue weighted by Gasteiger charge is 2.39. The van der Waals surface area contributed by atoms with Crippen molar-refractivity contribution in [2.24, 2.45) is 0 Å². The summed E-state index contributed by atoms with van der Waals surface area (Å²) in [6.45, 7) is 0.540. The van der Waals surface area contributed by atoms with E-state index >= 15 is 0 Å². The van der Waals surface area contributed by atoms with Crippen LogP contribution in [0.4, 0.5) is 26.3 Å². The van der Waals surface area contributed by atoms with Crippen molar-refractivity contribution in [3.63, 3.8) is 0 Å².